The number of benzene rings is 2. The molecule has 2 heterocycles. The molecule has 0 bridgehead atoms. The summed E-state index contributed by atoms with van der Waals surface area (Å²) in [5.41, 5.74) is 7.81. The number of nitrogens with zero attached hydrogens (tertiary/aromatic N) is 3. The summed E-state index contributed by atoms with van der Waals surface area (Å²) in [6.07, 6.45) is 1.81. The molecule has 224 valence electrons. The van der Waals surface area contributed by atoms with Gasteiger partial charge in [-0.05, 0) is 49.1 Å². The van der Waals surface area contributed by atoms with Gasteiger partial charge in [-0.3, -0.25) is 14.6 Å². The average Bonchev–Trinajstić information content (AvgIpc) is 3.01. The highest BCUT2D eigenvalue weighted by atomic mass is 16.5. The Morgan fingerprint density at radius 1 is 1.10 bits per heavy atom. The third kappa shape index (κ3) is 10.1. The highest BCUT2D eigenvalue weighted by molar-refractivity contribution is 5.94. The van der Waals surface area contributed by atoms with Gasteiger partial charge in [-0.15, -0.1) is 0 Å². The fourth-order valence-electron chi connectivity index (χ4n) is 4.81. The van der Waals surface area contributed by atoms with Gasteiger partial charge >= 0.3 is 0 Å². The van der Waals surface area contributed by atoms with E-state index in [1.54, 1.807) is 4.90 Å². The van der Waals surface area contributed by atoms with Crippen LogP contribution in [0, 0.1) is 11.8 Å². The number of carbonyl (C=O) groups excluding carboxylic acids is 2. The van der Waals surface area contributed by atoms with Gasteiger partial charge < -0.3 is 30.3 Å². The summed E-state index contributed by atoms with van der Waals surface area (Å²) in [7, 11) is 0. The molecule has 41 heavy (non-hydrogen) atoms. The topological polar surface area (TPSA) is 126 Å². The molecule has 2 saturated heterocycles. The fourth-order valence-corrected chi connectivity index (χ4v) is 4.81. The molecule has 2 aromatic rings. The first-order valence-electron chi connectivity index (χ1n) is 14.3. The standard InChI is InChI=1S/C26H37N5O2.C5H9NO2/c1-19(2)17-30(22-14-20(3)15-29-16-22)26(32)25(27)24(18-33-23-12-8-5-9-13-23)31(28)21-10-6-4-7-11-21;7-5-6-1-3-8-4-2-6/h4-13,19-20,22,29H,14-18,27-28H2,1-3H3;5H,1-4H2/b25-24-;. The number of para-hydroxylation sites is 2. The third-order valence-electron chi connectivity index (χ3n) is 6.99. The van der Waals surface area contributed by atoms with Crippen molar-refractivity contribution in [3.8, 4) is 5.75 Å². The molecule has 2 atom stereocenters. The number of anilines is 1. The lowest BCUT2D eigenvalue weighted by atomic mass is 9.95. The number of hydrogen-bond acceptors (Lipinski definition) is 8. The molecule has 10 nitrogen and oxygen atoms in total. The minimum absolute atomic E-state index is 0.0712. The first-order chi connectivity index (χ1) is 19.8. The van der Waals surface area contributed by atoms with Crippen molar-refractivity contribution in [2.45, 2.75) is 33.2 Å². The van der Waals surface area contributed by atoms with Gasteiger partial charge in [0.05, 0.1) is 18.9 Å². The fraction of sp³-hybridized carbons (Fsp3) is 0.484. The van der Waals surface area contributed by atoms with Crippen LogP contribution in [-0.2, 0) is 14.3 Å². The minimum Gasteiger partial charge on any atom is -0.487 e. The van der Waals surface area contributed by atoms with Crippen LogP contribution in [0.4, 0.5) is 5.69 Å². The Balaban J connectivity index is 0.000000496. The van der Waals surface area contributed by atoms with Crippen LogP contribution in [0.2, 0.25) is 0 Å². The number of hydrogen-bond donors (Lipinski definition) is 3. The first-order valence-corrected chi connectivity index (χ1v) is 14.3. The summed E-state index contributed by atoms with van der Waals surface area (Å²) in [5, 5.41) is 4.90. The second-order valence-electron chi connectivity index (χ2n) is 10.9. The summed E-state index contributed by atoms with van der Waals surface area (Å²) in [6, 6.07) is 19.0. The van der Waals surface area contributed by atoms with Crippen LogP contribution in [-0.4, -0.2) is 80.7 Å². The Kier molecular flexibility index (Phi) is 12.9. The summed E-state index contributed by atoms with van der Waals surface area (Å²) < 4.78 is 11.0. The van der Waals surface area contributed by atoms with E-state index in [0.717, 1.165) is 44.7 Å². The lowest BCUT2D eigenvalue weighted by Crippen LogP contribution is -2.53. The third-order valence-corrected chi connectivity index (χ3v) is 6.99. The molecule has 2 aromatic carbocycles. The van der Waals surface area contributed by atoms with Crippen LogP contribution >= 0.6 is 0 Å². The number of morpholine rings is 1. The number of nitrogens with one attached hydrogen (secondary N) is 1. The molecule has 2 amide bonds. The maximum absolute atomic E-state index is 13.8. The van der Waals surface area contributed by atoms with Crippen LogP contribution in [0.1, 0.15) is 27.2 Å². The van der Waals surface area contributed by atoms with Gasteiger partial charge in [-0.1, -0.05) is 57.2 Å². The largest absolute Gasteiger partial charge is 0.487 e. The van der Waals surface area contributed by atoms with Crippen molar-refractivity contribution in [2.75, 3.05) is 57.6 Å². The summed E-state index contributed by atoms with van der Waals surface area (Å²) in [4.78, 5) is 27.4. The maximum Gasteiger partial charge on any atom is 0.272 e. The predicted octanol–water partition coefficient (Wildman–Crippen LogP) is 2.57. The molecule has 0 radical (unpaired) electrons. The van der Waals surface area contributed by atoms with E-state index in [2.05, 4.69) is 26.1 Å². The molecule has 4 rings (SSSR count). The van der Waals surface area contributed by atoms with Gasteiger partial charge in [-0.25, -0.2) is 5.84 Å². The zero-order valence-corrected chi connectivity index (χ0v) is 24.6. The molecule has 5 N–H and O–H groups in total. The van der Waals surface area contributed by atoms with E-state index >= 15 is 0 Å². The van der Waals surface area contributed by atoms with Crippen LogP contribution in [0.5, 0.6) is 5.75 Å². The smallest absolute Gasteiger partial charge is 0.272 e. The summed E-state index contributed by atoms with van der Waals surface area (Å²) in [5.74, 6) is 7.76. The van der Waals surface area contributed by atoms with E-state index in [9.17, 15) is 9.59 Å². The zero-order valence-electron chi connectivity index (χ0n) is 24.6. The first kappa shape index (κ1) is 31.9. The van der Waals surface area contributed by atoms with Crippen molar-refractivity contribution < 1.29 is 19.1 Å². The van der Waals surface area contributed by atoms with Gasteiger partial charge in [0.1, 0.15) is 23.8 Å². The van der Waals surface area contributed by atoms with Gasteiger partial charge in [0.2, 0.25) is 6.41 Å². The molecule has 2 fully saturated rings. The van der Waals surface area contributed by atoms with Crippen LogP contribution in [0.3, 0.4) is 0 Å². The molecule has 10 heteroatoms. The molecular formula is C31H46N6O4. The Bertz CT molecular complexity index is 1090. The quantitative estimate of drug-likeness (QED) is 0.173. The zero-order chi connectivity index (χ0) is 29.6. The number of piperidine rings is 1. The van der Waals surface area contributed by atoms with Gasteiger partial charge in [-0.2, -0.15) is 0 Å². The molecule has 2 aliphatic heterocycles. The van der Waals surface area contributed by atoms with Crippen molar-refractivity contribution in [2.24, 2.45) is 23.4 Å². The number of rotatable bonds is 10. The SMILES string of the molecule is CC(C)CN(C(=O)/C(N)=C(\COc1ccccc1)N(N)c1ccccc1)C1CNCC(C)C1.O=CN1CCOCC1. The van der Waals surface area contributed by atoms with E-state index in [-0.39, 0.29) is 24.3 Å². The van der Waals surface area contributed by atoms with E-state index in [1.807, 2.05) is 65.6 Å². The van der Waals surface area contributed by atoms with E-state index in [1.165, 1.54) is 5.01 Å². The number of ether oxygens (including phenoxy) is 2. The Labute approximate surface area is 244 Å². The van der Waals surface area contributed by atoms with Crippen molar-refractivity contribution in [1.82, 2.24) is 15.1 Å². The van der Waals surface area contributed by atoms with Crippen molar-refractivity contribution >= 4 is 18.0 Å². The van der Waals surface area contributed by atoms with E-state index < -0.39 is 0 Å². The lowest BCUT2D eigenvalue weighted by molar-refractivity contribution is -0.130. The number of amides is 2. The lowest BCUT2D eigenvalue weighted by Gasteiger charge is -2.38. The second-order valence-corrected chi connectivity index (χ2v) is 10.9. The molecule has 2 aliphatic rings. The molecule has 0 aliphatic carbocycles. The van der Waals surface area contributed by atoms with Crippen molar-refractivity contribution in [3.05, 3.63) is 72.1 Å². The summed E-state index contributed by atoms with van der Waals surface area (Å²) >= 11 is 0. The van der Waals surface area contributed by atoms with Crippen LogP contribution < -0.4 is 26.6 Å². The monoisotopic (exact) mass is 566 g/mol. The Morgan fingerprint density at radius 3 is 2.29 bits per heavy atom. The summed E-state index contributed by atoms with van der Waals surface area (Å²) in [6.45, 7) is 11.7. The normalized spacial score (nSPS) is 19.4. The second kappa shape index (κ2) is 16.6. The van der Waals surface area contributed by atoms with Gasteiger partial charge in [0, 0.05) is 32.2 Å². The predicted molar refractivity (Wildman–Crippen MR) is 162 cm³/mol. The van der Waals surface area contributed by atoms with E-state index in [0.29, 0.717) is 43.0 Å². The molecular weight excluding hydrogens is 520 g/mol. The van der Waals surface area contributed by atoms with Crippen LogP contribution in [0.25, 0.3) is 0 Å². The van der Waals surface area contributed by atoms with Gasteiger partial charge in [0.25, 0.3) is 5.91 Å². The van der Waals surface area contributed by atoms with Crippen molar-refractivity contribution in [3.63, 3.8) is 0 Å². The number of hydrazine groups is 1. The molecule has 0 aromatic heterocycles. The Morgan fingerprint density at radius 2 is 1.73 bits per heavy atom. The van der Waals surface area contributed by atoms with E-state index in [4.69, 9.17) is 21.1 Å². The molecule has 0 spiro atoms. The highest BCUT2D eigenvalue weighted by Gasteiger charge is 2.31. The van der Waals surface area contributed by atoms with Crippen LogP contribution in [0.15, 0.2) is 72.1 Å². The Hall–Kier alpha value is -3.60. The van der Waals surface area contributed by atoms with Gasteiger partial charge in [0.15, 0.2) is 0 Å². The van der Waals surface area contributed by atoms with Crippen molar-refractivity contribution in [1.29, 1.82) is 0 Å². The molecule has 2 unspecified atom stereocenters. The molecule has 0 saturated carbocycles. The number of nitrogens with two attached hydrogens (primary N) is 2. The highest BCUT2D eigenvalue weighted by Crippen LogP contribution is 2.22. The maximum atomic E-state index is 13.8. The minimum atomic E-state index is -0.206. The average molecular weight is 567 g/mol. The number of carbonyl (C=O) groups is 2.